The van der Waals surface area contributed by atoms with Gasteiger partial charge in [-0.25, -0.2) is 15.0 Å². The molecule has 1 aliphatic carbocycles. The van der Waals surface area contributed by atoms with Gasteiger partial charge < -0.3 is 20.5 Å². The number of imidazole rings is 1. The molecule has 2 aliphatic rings. The Kier molecular flexibility index (Phi) is 7.40. The number of nitrogens with one attached hydrogen (secondary N) is 3. The molecule has 2 fully saturated rings. The van der Waals surface area contributed by atoms with Gasteiger partial charge in [0.25, 0.3) is 0 Å². The molecule has 0 aromatic carbocycles. The van der Waals surface area contributed by atoms with Crippen molar-refractivity contribution in [2.45, 2.75) is 83.8 Å². The Labute approximate surface area is 191 Å². The average molecular weight is 440 g/mol. The van der Waals surface area contributed by atoms with Crippen LogP contribution in [-0.2, 0) is 4.79 Å². The third kappa shape index (κ3) is 5.65. The number of carbonyl (C=O) groups is 1. The number of aromatic nitrogens is 4. The summed E-state index contributed by atoms with van der Waals surface area (Å²) in [4.78, 5) is 26.1. The Morgan fingerprint density at radius 2 is 1.84 bits per heavy atom. The summed E-state index contributed by atoms with van der Waals surface area (Å²) in [5.41, 5.74) is 1.90. The van der Waals surface area contributed by atoms with Crippen LogP contribution in [0.5, 0.6) is 0 Å². The van der Waals surface area contributed by atoms with E-state index < -0.39 is 0 Å². The molecule has 8 nitrogen and oxygen atoms in total. The van der Waals surface area contributed by atoms with E-state index in [-0.39, 0.29) is 11.9 Å². The minimum atomic E-state index is 0.224. The molecule has 2 aromatic rings. The minimum absolute atomic E-state index is 0.224. The second-order valence-corrected chi connectivity index (χ2v) is 9.58. The van der Waals surface area contributed by atoms with Gasteiger partial charge in [-0.05, 0) is 84.4 Å². The zero-order chi connectivity index (χ0) is 22.5. The molecule has 8 heteroatoms. The standard InChI is InChI=1S/C24H37N7O/c1-16(2)31-17(3)27-15-22(31)21-10-13-26-24(30-21)29-20-6-4-19(5-7-20)28-23(32)14-18-8-11-25-12-9-18/h10,13,15-16,18-20,25H,4-9,11-12,14H2,1-3H3,(H,28,32)(H,26,29,30). The second kappa shape index (κ2) is 10.4. The molecule has 1 saturated heterocycles. The van der Waals surface area contributed by atoms with Gasteiger partial charge in [0.15, 0.2) is 0 Å². The minimum Gasteiger partial charge on any atom is -0.353 e. The molecule has 0 spiro atoms. The summed E-state index contributed by atoms with van der Waals surface area (Å²) < 4.78 is 2.20. The molecule has 3 N–H and O–H groups in total. The molecule has 0 unspecified atom stereocenters. The Morgan fingerprint density at radius 3 is 2.56 bits per heavy atom. The van der Waals surface area contributed by atoms with Crippen LogP contribution in [0.4, 0.5) is 5.95 Å². The summed E-state index contributed by atoms with van der Waals surface area (Å²) in [5, 5.41) is 10.1. The van der Waals surface area contributed by atoms with Gasteiger partial charge in [0, 0.05) is 30.7 Å². The van der Waals surface area contributed by atoms with Gasteiger partial charge in [0.2, 0.25) is 11.9 Å². The van der Waals surface area contributed by atoms with E-state index in [1.165, 1.54) is 0 Å². The number of hydrogen-bond acceptors (Lipinski definition) is 6. The van der Waals surface area contributed by atoms with E-state index in [4.69, 9.17) is 4.98 Å². The first-order chi connectivity index (χ1) is 15.5. The summed E-state index contributed by atoms with van der Waals surface area (Å²) in [6, 6.07) is 2.88. The lowest BCUT2D eigenvalue weighted by molar-refractivity contribution is -0.123. The molecule has 2 aromatic heterocycles. The van der Waals surface area contributed by atoms with E-state index >= 15 is 0 Å². The third-order valence-corrected chi connectivity index (χ3v) is 6.77. The molecule has 0 atom stereocenters. The van der Waals surface area contributed by atoms with E-state index in [9.17, 15) is 4.79 Å². The molecule has 0 bridgehead atoms. The molecule has 4 rings (SSSR count). The van der Waals surface area contributed by atoms with Gasteiger partial charge in [-0.1, -0.05) is 0 Å². The fourth-order valence-corrected chi connectivity index (χ4v) is 5.06. The molecular weight excluding hydrogens is 402 g/mol. The lowest BCUT2D eigenvalue weighted by Crippen LogP contribution is -2.41. The van der Waals surface area contributed by atoms with Crippen LogP contribution in [0.25, 0.3) is 11.4 Å². The fraction of sp³-hybridized carbons (Fsp3) is 0.667. The maximum absolute atomic E-state index is 12.4. The van der Waals surface area contributed by atoms with Crippen molar-refractivity contribution in [3.05, 3.63) is 24.3 Å². The molecule has 0 radical (unpaired) electrons. The number of hydrogen-bond donors (Lipinski definition) is 3. The Balaban J connectivity index is 1.28. The highest BCUT2D eigenvalue weighted by atomic mass is 16.1. The maximum Gasteiger partial charge on any atom is 0.223 e. The van der Waals surface area contributed by atoms with Crippen molar-refractivity contribution < 1.29 is 4.79 Å². The number of nitrogens with zero attached hydrogens (tertiary/aromatic N) is 4. The summed E-state index contributed by atoms with van der Waals surface area (Å²) in [7, 11) is 0. The zero-order valence-electron chi connectivity index (χ0n) is 19.6. The van der Waals surface area contributed by atoms with Gasteiger partial charge in [-0.2, -0.15) is 0 Å². The number of anilines is 1. The molecule has 1 amide bonds. The summed E-state index contributed by atoms with van der Waals surface area (Å²) in [6.45, 7) is 8.41. The molecular formula is C24H37N7O. The van der Waals surface area contributed by atoms with E-state index in [0.29, 0.717) is 30.4 Å². The van der Waals surface area contributed by atoms with Crippen LogP contribution < -0.4 is 16.0 Å². The van der Waals surface area contributed by atoms with Crippen molar-refractivity contribution in [1.82, 2.24) is 30.2 Å². The lowest BCUT2D eigenvalue weighted by Gasteiger charge is -2.30. The Bertz CT molecular complexity index is 896. The predicted octanol–water partition coefficient (Wildman–Crippen LogP) is 3.46. The number of amides is 1. The van der Waals surface area contributed by atoms with E-state index in [1.807, 2.05) is 25.4 Å². The van der Waals surface area contributed by atoms with Crippen LogP contribution in [0.2, 0.25) is 0 Å². The van der Waals surface area contributed by atoms with Gasteiger partial charge in [0.05, 0.1) is 17.6 Å². The average Bonchev–Trinajstić information content (AvgIpc) is 3.18. The number of carbonyl (C=O) groups excluding carboxylic acids is 1. The van der Waals surface area contributed by atoms with Gasteiger partial charge in [0.1, 0.15) is 5.82 Å². The molecule has 1 saturated carbocycles. The van der Waals surface area contributed by atoms with E-state index in [1.54, 1.807) is 0 Å². The third-order valence-electron chi connectivity index (χ3n) is 6.77. The second-order valence-electron chi connectivity index (χ2n) is 9.58. The Morgan fingerprint density at radius 1 is 1.12 bits per heavy atom. The fourth-order valence-electron chi connectivity index (χ4n) is 5.06. The first kappa shape index (κ1) is 22.7. The van der Waals surface area contributed by atoms with Crippen LogP contribution in [0.3, 0.4) is 0 Å². The normalized spacial score (nSPS) is 22.1. The maximum atomic E-state index is 12.4. The van der Waals surface area contributed by atoms with Crippen LogP contribution >= 0.6 is 0 Å². The van der Waals surface area contributed by atoms with Gasteiger partial charge in [-0.15, -0.1) is 0 Å². The van der Waals surface area contributed by atoms with Gasteiger partial charge in [-0.3, -0.25) is 4.79 Å². The SMILES string of the molecule is Cc1ncc(-c2ccnc(NC3CCC(NC(=O)CC4CCNCC4)CC3)n2)n1C(C)C. The van der Waals surface area contributed by atoms with E-state index in [0.717, 1.165) is 68.8 Å². The lowest BCUT2D eigenvalue weighted by atomic mass is 9.90. The number of piperidine rings is 1. The van der Waals surface area contributed by atoms with E-state index in [2.05, 4.69) is 44.3 Å². The zero-order valence-corrected chi connectivity index (χ0v) is 19.6. The van der Waals surface area contributed by atoms with Crippen LogP contribution in [0, 0.1) is 12.8 Å². The summed E-state index contributed by atoms with van der Waals surface area (Å²) >= 11 is 0. The Hall–Kier alpha value is -2.48. The molecule has 1 aliphatic heterocycles. The smallest absolute Gasteiger partial charge is 0.223 e. The van der Waals surface area contributed by atoms with Crippen molar-refractivity contribution in [1.29, 1.82) is 0 Å². The first-order valence-corrected chi connectivity index (χ1v) is 12.1. The van der Waals surface area contributed by atoms with Crippen molar-refractivity contribution in [3.63, 3.8) is 0 Å². The van der Waals surface area contributed by atoms with Crippen molar-refractivity contribution >= 4 is 11.9 Å². The van der Waals surface area contributed by atoms with Crippen LogP contribution in [-0.4, -0.2) is 50.6 Å². The number of rotatable bonds is 7. The highest BCUT2D eigenvalue weighted by Gasteiger charge is 2.24. The van der Waals surface area contributed by atoms with Crippen LogP contribution in [0.1, 0.15) is 70.7 Å². The molecule has 174 valence electrons. The number of aryl methyl sites for hydroxylation is 1. The predicted molar refractivity (Wildman–Crippen MR) is 126 cm³/mol. The quantitative estimate of drug-likeness (QED) is 0.611. The molecule has 32 heavy (non-hydrogen) atoms. The molecule has 3 heterocycles. The summed E-state index contributed by atoms with van der Waals surface area (Å²) in [5.74, 6) is 2.41. The monoisotopic (exact) mass is 439 g/mol. The highest BCUT2D eigenvalue weighted by molar-refractivity contribution is 5.76. The summed E-state index contributed by atoms with van der Waals surface area (Å²) in [6.07, 6.45) is 10.6. The topological polar surface area (TPSA) is 96.8 Å². The van der Waals surface area contributed by atoms with Crippen molar-refractivity contribution in [3.8, 4) is 11.4 Å². The largest absolute Gasteiger partial charge is 0.353 e. The van der Waals surface area contributed by atoms with Crippen molar-refractivity contribution in [2.75, 3.05) is 18.4 Å². The van der Waals surface area contributed by atoms with Crippen LogP contribution in [0.15, 0.2) is 18.5 Å². The van der Waals surface area contributed by atoms with Crippen molar-refractivity contribution in [2.24, 2.45) is 5.92 Å². The van der Waals surface area contributed by atoms with Gasteiger partial charge >= 0.3 is 0 Å². The first-order valence-electron chi connectivity index (χ1n) is 12.1. The highest BCUT2D eigenvalue weighted by Crippen LogP contribution is 2.25.